The lowest BCUT2D eigenvalue weighted by Crippen LogP contribution is -2.51. The molecule has 8 rings (SSSR count). The Bertz CT molecular complexity index is 1810. The van der Waals surface area contributed by atoms with Gasteiger partial charge in [0.2, 0.25) is 5.88 Å². The molecule has 0 aliphatic carbocycles. The summed E-state index contributed by atoms with van der Waals surface area (Å²) in [4.78, 5) is 28.8. The summed E-state index contributed by atoms with van der Waals surface area (Å²) >= 11 is 0. The van der Waals surface area contributed by atoms with E-state index in [0.717, 1.165) is 63.1 Å². The molecule has 0 amide bonds. The molecule has 4 saturated heterocycles. The van der Waals surface area contributed by atoms with Crippen LogP contribution in [0.2, 0.25) is 0 Å². The van der Waals surface area contributed by atoms with Crippen molar-refractivity contribution in [2.75, 3.05) is 37.7 Å². The number of aromatic hydroxyl groups is 1. The Morgan fingerprint density at radius 1 is 1.14 bits per heavy atom. The Morgan fingerprint density at radius 2 is 1.93 bits per heavy atom. The van der Waals surface area contributed by atoms with Crippen molar-refractivity contribution in [3.05, 3.63) is 58.6 Å². The second-order valence-corrected chi connectivity index (χ2v) is 12.4. The summed E-state index contributed by atoms with van der Waals surface area (Å²) in [5, 5.41) is 15.7. The maximum Gasteiger partial charge on any atom is 0.281 e. The fourth-order valence-electron chi connectivity index (χ4n) is 7.91. The number of benzene rings is 2. The molecule has 9 heteroatoms. The largest absolute Gasteiger partial charge is 0.508 e. The van der Waals surface area contributed by atoms with Crippen LogP contribution in [0.3, 0.4) is 0 Å². The van der Waals surface area contributed by atoms with Crippen LogP contribution in [0.4, 0.5) is 5.82 Å². The summed E-state index contributed by atoms with van der Waals surface area (Å²) in [5.74, 6) is 3.94. The summed E-state index contributed by atoms with van der Waals surface area (Å²) in [5.41, 5.74) is 1.76. The number of ether oxygens (including phenoxy) is 1. The number of hydrogen-bond acceptors (Lipinski definition) is 8. The quantitative estimate of drug-likeness (QED) is 0.357. The Kier molecular flexibility index (Phi) is 5.92. The molecule has 0 radical (unpaired) electrons. The van der Waals surface area contributed by atoms with Crippen LogP contribution in [0.25, 0.3) is 27.5 Å². The van der Waals surface area contributed by atoms with Crippen LogP contribution < -0.4 is 20.5 Å². The summed E-state index contributed by atoms with van der Waals surface area (Å²) in [6, 6.07) is 9.58. The van der Waals surface area contributed by atoms with Crippen LogP contribution in [0.1, 0.15) is 44.1 Å². The van der Waals surface area contributed by atoms with E-state index in [1.807, 2.05) is 18.2 Å². The molecule has 2 bridgehead atoms. The zero-order chi connectivity index (χ0) is 28.4. The van der Waals surface area contributed by atoms with E-state index in [1.165, 1.54) is 12.8 Å². The Balaban J connectivity index is 1.28. The fraction of sp³-hybridized carbons (Fsp3) is 0.424. The normalized spacial score (nSPS) is 23.0. The number of fused-ring (bicyclic) bond motifs is 5. The summed E-state index contributed by atoms with van der Waals surface area (Å²) in [7, 11) is 0. The van der Waals surface area contributed by atoms with Crippen molar-refractivity contribution in [2.45, 2.75) is 56.1 Å². The highest BCUT2D eigenvalue weighted by molar-refractivity contribution is 6.01. The topological polar surface area (TPSA) is 95.2 Å². The maximum absolute atomic E-state index is 14.3. The lowest BCUT2D eigenvalue weighted by molar-refractivity contribution is 0.110. The average Bonchev–Trinajstić information content (AvgIpc) is 3.68. The molecule has 2 aromatic carbocycles. The smallest absolute Gasteiger partial charge is 0.281 e. The second-order valence-electron chi connectivity index (χ2n) is 12.4. The Hall–Kier alpha value is -4.13. The number of aromatic nitrogens is 3. The van der Waals surface area contributed by atoms with Crippen molar-refractivity contribution in [3.8, 4) is 35.2 Å². The van der Waals surface area contributed by atoms with Gasteiger partial charge in [-0.15, -0.1) is 6.42 Å². The van der Waals surface area contributed by atoms with Gasteiger partial charge in [-0.05, 0) is 75.2 Å². The third-order valence-electron chi connectivity index (χ3n) is 9.87. The first kappa shape index (κ1) is 25.6. The number of terminal acetylenes is 1. The van der Waals surface area contributed by atoms with Crippen LogP contribution in [-0.2, 0) is 0 Å². The highest BCUT2D eigenvalue weighted by atomic mass is 16.5. The van der Waals surface area contributed by atoms with E-state index in [0.29, 0.717) is 46.6 Å². The predicted octanol–water partition coefficient (Wildman–Crippen LogP) is 3.54. The maximum atomic E-state index is 14.3. The molecule has 2 atom stereocenters. The van der Waals surface area contributed by atoms with E-state index in [1.54, 1.807) is 28.9 Å². The number of nitrogens with zero attached hydrogens (tertiary/aromatic N) is 5. The molecule has 4 aliphatic rings. The first-order valence-corrected chi connectivity index (χ1v) is 15.1. The minimum atomic E-state index is -0.306. The zero-order valence-corrected chi connectivity index (χ0v) is 23.6. The number of phenolic OH excluding ortho intramolecular Hbond substituents is 1. The van der Waals surface area contributed by atoms with E-state index in [2.05, 4.69) is 21.0 Å². The molecule has 4 aromatic rings. The van der Waals surface area contributed by atoms with Crippen molar-refractivity contribution in [3.63, 3.8) is 0 Å². The molecule has 9 nitrogen and oxygen atoms in total. The van der Waals surface area contributed by atoms with E-state index < -0.39 is 0 Å². The SMILES string of the molecule is C#Cc1cccc2cc(O)cc(-c3ncc4c(N5CC6CCC(C5)N6)nc(OCC56CCCN5CCC6)cn4c3=O)c12. The van der Waals surface area contributed by atoms with Gasteiger partial charge in [0.05, 0.1) is 17.9 Å². The van der Waals surface area contributed by atoms with Gasteiger partial charge < -0.3 is 20.1 Å². The van der Waals surface area contributed by atoms with Crippen LogP contribution in [0, 0.1) is 12.3 Å². The van der Waals surface area contributed by atoms with Crippen molar-refractivity contribution < 1.29 is 9.84 Å². The predicted molar refractivity (Wildman–Crippen MR) is 162 cm³/mol. The van der Waals surface area contributed by atoms with Crippen LogP contribution in [0.5, 0.6) is 11.6 Å². The lowest BCUT2D eigenvalue weighted by Gasteiger charge is -2.34. The van der Waals surface area contributed by atoms with Gasteiger partial charge >= 0.3 is 0 Å². The van der Waals surface area contributed by atoms with Gasteiger partial charge in [-0.2, -0.15) is 4.98 Å². The van der Waals surface area contributed by atoms with Crippen LogP contribution in [0.15, 0.2) is 47.5 Å². The summed E-state index contributed by atoms with van der Waals surface area (Å²) < 4.78 is 8.11. The molecular weight excluding hydrogens is 528 g/mol. The Labute approximate surface area is 244 Å². The van der Waals surface area contributed by atoms with Gasteiger partial charge in [0.1, 0.15) is 23.6 Å². The van der Waals surface area contributed by atoms with Gasteiger partial charge in [-0.3, -0.25) is 14.1 Å². The highest BCUT2D eigenvalue weighted by Gasteiger charge is 2.45. The first-order chi connectivity index (χ1) is 20.5. The second kappa shape index (κ2) is 9.72. The molecule has 0 spiro atoms. The minimum Gasteiger partial charge on any atom is -0.508 e. The molecule has 2 aromatic heterocycles. The molecule has 4 fully saturated rings. The number of hydrogen-bond donors (Lipinski definition) is 2. The van der Waals surface area contributed by atoms with Crippen molar-refractivity contribution in [2.24, 2.45) is 0 Å². The van der Waals surface area contributed by atoms with Crippen LogP contribution >= 0.6 is 0 Å². The third-order valence-corrected chi connectivity index (χ3v) is 9.87. The number of rotatable bonds is 5. The van der Waals surface area contributed by atoms with Gasteiger partial charge in [-0.1, -0.05) is 18.1 Å². The highest BCUT2D eigenvalue weighted by Crippen LogP contribution is 2.39. The lowest BCUT2D eigenvalue weighted by atomic mass is 9.95. The number of piperazine rings is 1. The number of phenols is 1. The number of nitrogens with one attached hydrogen (secondary N) is 1. The van der Waals surface area contributed by atoms with Crippen molar-refractivity contribution in [1.29, 1.82) is 0 Å². The van der Waals surface area contributed by atoms with Gasteiger partial charge in [0, 0.05) is 41.7 Å². The zero-order valence-electron chi connectivity index (χ0n) is 23.6. The third kappa shape index (κ3) is 4.04. The minimum absolute atomic E-state index is 0.0469. The molecular formula is C33H34N6O3. The average molecular weight is 563 g/mol. The van der Waals surface area contributed by atoms with Crippen molar-refractivity contribution >= 4 is 22.1 Å². The summed E-state index contributed by atoms with van der Waals surface area (Å²) in [6.07, 6.45) is 16.2. The fourth-order valence-corrected chi connectivity index (χ4v) is 7.91. The van der Waals surface area contributed by atoms with E-state index >= 15 is 0 Å². The number of anilines is 1. The van der Waals surface area contributed by atoms with Crippen molar-refractivity contribution in [1.82, 2.24) is 24.6 Å². The van der Waals surface area contributed by atoms with Crippen LogP contribution in [-0.4, -0.2) is 74.8 Å². The molecule has 4 aliphatic heterocycles. The van der Waals surface area contributed by atoms with E-state index in [9.17, 15) is 9.90 Å². The standard InChI is InChI=1S/C33H34N6O3/c1-2-21-6-3-7-22-14-25(40)15-26(29(21)22)30-32(41)39-19-28(42-20-33-10-4-12-38(33)13-5-11-33)36-31(27(39)16-34-30)37-17-23-8-9-24(18-37)35-23/h1,3,6-7,14-16,19,23-24,35,40H,4-5,8-13,17-18,20H2. The van der Waals surface area contributed by atoms with Gasteiger partial charge in [-0.25, -0.2) is 4.98 Å². The monoisotopic (exact) mass is 562 g/mol. The molecule has 2 N–H and O–H groups in total. The van der Waals surface area contributed by atoms with Gasteiger partial charge in [0.15, 0.2) is 5.82 Å². The molecule has 42 heavy (non-hydrogen) atoms. The summed E-state index contributed by atoms with van der Waals surface area (Å²) in [6.45, 7) is 4.44. The van der Waals surface area contributed by atoms with E-state index in [-0.39, 0.29) is 22.5 Å². The molecule has 6 heterocycles. The first-order valence-electron chi connectivity index (χ1n) is 15.1. The Morgan fingerprint density at radius 3 is 2.69 bits per heavy atom. The molecule has 2 unspecified atom stereocenters. The molecule has 214 valence electrons. The molecule has 0 saturated carbocycles. The van der Waals surface area contributed by atoms with E-state index in [4.69, 9.17) is 21.1 Å². The van der Waals surface area contributed by atoms with Gasteiger partial charge in [0.25, 0.3) is 5.56 Å².